The zero-order valence-electron chi connectivity index (χ0n) is 8.98. The smallest absolute Gasteiger partial charge is 0.181 e. The van der Waals surface area contributed by atoms with Gasteiger partial charge in [-0.3, -0.25) is 0 Å². The summed E-state index contributed by atoms with van der Waals surface area (Å²) in [6, 6.07) is 4.80. The van der Waals surface area contributed by atoms with Crippen molar-refractivity contribution in [1.29, 1.82) is 0 Å². The van der Waals surface area contributed by atoms with Crippen molar-refractivity contribution in [1.82, 2.24) is 0 Å². The van der Waals surface area contributed by atoms with Crippen LogP contribution in [0.15, 0.2) is 23.1 Å². The van der Waals surface area contributed by atoms with E-state index in [0.717, 1.165) is 0 Å². The van der Waals surface area contributed by atoms with Crippen LogP contribution in [0.1, 0.15) is 6.92 Å². The van der Waals surface area contributed by atoms with Crippen molar-refractivity contribution in [2.45, 2.75) is 11.8 Å². The highest BCUT2D eigenvalue weighted by Gasteiger charge is 2.20. The highest BCUT2D eigenvalue weighted by Crippen LogP contribution is 2.34. The maximum absolute atomic E-state index is 11.7. The summed E-state index contributed by atoms with van der Waals surface area (Å²) >= 11 is 0. The average Bonchev–Trinajstić information content (AvgIpc) is 2.27. The first kappa shape index (κ1) is 11.8. The number of methoxy groups -OCH3 is 2. The second-order valence-electron chi connectivity index (χ2n) is 2.90. The molecular formula is C10H14O4S. The van der Waals surface area contributed by atoms with E-state index in [4.69, 9.17) is 9.47 Å². The summed E-state index contributed by atoms with van der Waals surface area (Å²) in [6.07, 6.45) is 0. The molecule has 0 N–H and O–H groups in total. The van der Waals surface area contributed by atoms with Crippen LogP contribution < -0.4 is 9.47 Å². The summed E-state index contributed by atoms with van der Waals surface area (Å²) in [4.78, 5) is 0.173. The Bertz CT molecular complexity index is 437. The normalized spacial score (nSPS) is 11.1. The van der Waals surface area contributed by atoms with Gasteiger partial charge < -0.3 is 9.47 Å². The largest absolute Gasteiger partial charge is 0.493 e. The molecule has 0 aromatic heterocycles. The molecule has 0 saturated heterocycles. The van der Waals surface area contributed by atoms with E-state index in [0.29, 0.717) is 5.75 Å². The van der Waals surface area contributed by atoms with E-state index in [-0.39, 0.29) is 16.4 Å². The Morgan fingerprint density at radius 1 is 1.20 bits per heavy atom. The molecule has 1 aromatic rings. The second kappa shape index (κ2) is 4.53. The van der Waals surface area contributed by atoms with E-state index in [1.54, 1.807) is 19.1 Å². The van der Waals surface area contributed by atoms with Crippen LogP contribution in [-0.2, 0) is 9.84 Å². The highest BCUT2D eigenvalue weighted by molar-refractivity contribution is 7.91. The number of ether oxygens (including phenoxy) is 2. The van der Waals surface area contributed by atoms with Crippen LogP contribution in [0.25, 0.3) is 0 Å². The third-order valence-electron chi connectivity index (χ3n) is 2.08. The maximum Gasteiger partial charge on any atom is 0.181 e. The lowest BCUT2D eigenvalue weighted by Gasteiger charge is -2.11. The van der Waals surface area contributed by atoms with Gasteiger partial charge in [0.15, 0.2) is 21.3 Å². The van der Waals surface area contributed by atoms with Crippen molar-refractivity contribution in [3.05, 3.63) is 18.2 Å². The fourth-order valence-electron chi connectivity index (χ4n) is 1.26. The molecule has 0 amide bonds. The van der Waals surface area contributed by atoms with Crippen LogP contribution in [0.3, 0.4) is 0 Å². The Balaban J connectivity index is 3.43. The molecule has 0 aliphatic carbocycles. The molecule has 0 aliphatic rings. The van der Waals surface area contributed by atoms with Gasteiger partial charge in [-0.1, -0.05) is 13.0 Å². The zero-order valence-corrected chi connectivity index (χ0v) is 9.80. The van der Waals surface area contributed by atoms with Crippen LogP contribution in [0.2, 0.25) is 0 Å². The molecular weight excluding hydrogens is 216 g/mol. The Labute approximate surface area is 89.7 Å². The first-order valence-corrected chi connectivity index (χ1v) is 6.15. The molecule has 0 fully saturated rings. The van der Waals surface area contributed by atoms with Crippen molar-refractivity contribution >= 4 is 9.84 Å². The number of hydrogen-bond donors (Lipinski definition) is 0. The van der Waals surface area contributed by atoms with Crippen LogP contribution in [0.5, 0.6) is 11.5 Å². The van der Waals surface area contributed by atoms with Gasteiger partial charge in [0, 0.05) is 0 Å². The van der Waals surface area contributed by atoms with E-state index >= 15 is 0 Å². The second-order valence-corrected chi connectivity index (χ2v) is 5.14. The lowest BCUT2D eigenvalue weighted by atomic mass is 10.3. The zero-order chi connectivity index (χ0) is 11.5. The Hall–Kier alpha value is -1.23. The number of hydrogen-bond acceptors (Lipinski definition) is 4. The molecule has 84 valence electrons. The third kappa shape index (κ3) is 2.23. The predicted octanol–water partition coefficient (Wildman–Crippen LogP) is 1.50. The molecule has 4 nitrogen and oxygen atoms in total. The third-order valence-corrected chi connectivity index (χ3v) is 3.83. The van der Waals surface area contributed by atoms with E-state index < -0.39 is 9.84 Å². The minimum atomic E-state index is -3.28. The van der Waals surface area contributed by atoms with E-state index in [1.807, 2.05) is 0 Å². The van der Waals surface area contributed by atoms with Crippen LogP contribution in [0.4, 0.5) is 0 Å². The van der Waals surface area contributed by atoms with Crippen molar-refractivity contribution < 1.29 is 17.9 Å². The Morgan fingerprint density at radius 2 is 1.87 bits per heavy atom. The molecule has 0 saturated carbocycles. The first-order chi connectivity index (χ1) is 7.06. The Kier molecular flexibility index (Phi) is 3.57. The summed E-state index contributed by atoms with van der Waals surface area (Å²) < 4.78 is 33.5. The standard InChI is InChI=1S/C10H14O4S/c1-4-15(11,12)9-7-5-6-8(13-2)10(9)14-3/h5-7H,4H2,1-3H3. The van der Waals surface area contributed by atoms with Gasteiger partial charge in [0.05, 0.1) is 20.0 Å². The number of sulfone groups is 1. The first-order valence-electron chi connectivity index (χ1n) is 4.50. The van der Waals surface area contributed by atoms with Gasteiger partial charge >= 0.3 is 0 Å². The summed E-state index contributed by atoms with van der Waals surface area (Å²) in [5.41, 5.74) is 0. The van der Waals surface area contributed by atoms with Gasteiger partial charge in [0.25, 0.3) is 0 Å². The molecule has 0 heterocycles. The van der Waals surface area contributed by atoms with Crippen LogP contribution in [0, 0.1) is 0 Å². The van der Waals surface area contributed by atoms with Crippen molar-refractivity contribution in [2.75, 3.05) is 20.0 Å². The monoisotopic (exact) mass is 230 g/mol. The number of para-hydroxylation sites is 1. The van der Waals surface area contributed by atoms with Crippen LogP contribution >= 0.6 is 0 Å². The molecule has 0 aliphatic heterocycles. The molecule has 0 radical (unpaired) electrons. The van der Waals surface area contributed by atoms with Gasteiger partial charge in [-0.05, 0) is 12.1 Å². The lowest BCUT2D eigenvalue weighted by Crippen LogP contribution is -2.06. The highest BCUT2D eigenvalue weighted by atomic mass is 32.2. The average molecular weight is 230 g/mol. The predicted molar refractivity (Wildman–Crippen MR) is 57.3 cm³/mol. The van der Waals surface area contributed by atoms with E-state index in [9.17, 15) is 8.42 Å². The topological polar surface area (TPSA) is 52.6 Å². The molecule has 0 bridgehead atoms. The van der Waals surface area contributed by atoms with Crippen LogP contribution in [-0.4, -0.2) is 28.4 Å². The molecule has 0 spiro atoms. The summed E-state index contributed by atoms with van der Waals surface area (Å²) in [6.45, 7) is 1.59. The van der Waals surface area contributed by atoms with Gasteiger partial charge in [-0.25, -0.2) is 8.42 Å². The van der Waals surface area contributed by atoms with Gasteiger partial charge in [0.2, 0.25) is 0 Å². The molecule has 0 unspecified atom stereocenters. The molecule has 5 heteroatoms. The maximum atomic E-state index is 11.7. The molecule has 15 heavy (non-hydrogen) atoms. The SMILES string of the molecule is CCS(=O)(=O)c1cccc(OC)c1OC. The van der Waals surface area contributed by atoms with Crippen molar-refractivity contribution in [3.8, 4) is 11.5 Å². The fourth-order valence-corrected chi connectivity index (χ4v) is 2.32. The van der Waals surface area contributed by atoms with Crippen molar-refractivity contribution in [2.24, 2.45) is 0 Å². The van der Waals surface area contributed by atoms with Gasteiger partial charge in [-0.2, -0.15) is 0 Å². The lowest BCUT2D eigenvalue weighted by molar-refractivity contribution is 0.347. The minimum absolute atomic E-state index is 0.0382. The van der Waals surface area contributed by atoms with Gasteiger partial charge in [0.1, 0.15) is 4.90 Å². The fraction of sp³-hybridized carbons (Fsp3) is 0.400. The van der Waals surface area contributed by atoms with E-state index in [2.05, 4.69) is 0 Å². The molecule has 0 atom stereocenters. The summed E-state index contributed by atoms with van der Waals surface area (Å²) in [5.74, 6) is 0.727. The number of benzene rings is 1. The quantitative estimate of drug-likeness (QED) is 0.786. The molecule has 1 aromatic carbocycles. The number of rotatable bonds is 4. The minimum Gasteiger partial charge on any atom is -0.493 e. The van der Waals surface area contributed by atoms with Gasteiger partial charge in [-0.15, -0.1) is 0 Å². The molecule has 1 rings (SSSR count). The summed E-state index contributed by atoms with van der Waals surface area (Å²) in [7, 11) is -0.383. The Morgan fingerprint density at radius 3 is 2.33 bits per heavy atom. The van der Waals surface area contributed by atoms with E-state index in [1.165, 1.54) is 20.3 Å². The summed E-state index contributed by atoms with van der Waals surface area (Å²) in [5, 5.41) is 0. The van der Waals surface area contributed by atoms with Crippen molar-refractivity contribution in [3.63, 3.8) is 0 Å².